The number of nitrogens with two attached hydrogens (primary N) is 1. The topological polar surface area (TPSA) is 63.3 Å². The van der Waals surface area contributed by atoms with E-state index in [-0.39, 0.29) is 24.0 Å². The van der Waals surface area contributed by atoms with Gasteiger partial charge >= 0.3 is 0 Å². The van der Waals surface area contributed by atoms with Gasteiger partial charge in [0.05, 0.1) is 5.01 Å². The monoisotopic (exact) mass is 416 g/mol. The fraction of sp³-hybridized carbons (Fsp3) is 0.333. The molecule has 0 unspecified atom stereocenters. The van der Waals surface area contributed by atoms with Crippen LogP contribution in [0.5, 0.6) is 0 Å². The zero-order valence-corrected chi connectivity index (χ0v) is 15.4. The minimum absolute atomic E-state index is 0. The summed E-state index contributed by atoms with van der Waals surface area (Å²) in [6.45, 7) is 4.84. The average molecular weight is 416 g/mol. The number of nitrogens with zero attached hydrogens (tertiary/aromatic N) is 2. The Bertz CT molecular complexity index is 595. The molecule has 0 aliphatic rings. The predicted octanol–water partition coefficient (Wildman–Crippen LogP) is 3.60. The van der Waals surface area contributed by atoms with Gasteiger partial charge in [-0.25, -0.2) is 4.98 Å². The van der Waals surface area contributed by atoms with Crippen molar-refractivity contribution in [2.45, 2.75) is 26.7 Å². The van der Waals surface area contributed by atoms with Crippen molar-refractivity contribution < 1.29 is 0 Å². The first-order valence-electron chi connectivity index (χ1n) is 6.74. The van der Waals surface area contributed by atoms with E-state index in [0.717, 1.165) is 23.5 Å². The second kappa shape index (κ2) is 8.99. The van der Waals surface area contributed by atoms with Gasteiger partial charge in [-0.1, -0.05) is 19.1 Å². The summed E-state index contributed by atoms with van der Waals surface area (Å²) in [6.07, 6.45) is 3.82. The number of rotatable bonds is 5. The molecule has 1 aromatic carbocycles. The van der Waals surface area contributed by atoms with Crippen molar-refractivity contribution in [1.82, 2.24) is 4.98 Å². The van der Waals surface area contributed by atoms with Gasteiger partial charge in [0.1, 0.15) is 0 Å². The second-order valence-corrected chi connectivity index (χ2v) is 5.79. The first kappa shape index (κ1) is 17.9. The number of aliphatic imine (C=N–C) groups is 1. The molecule has 6 heteroatoms. The average Bonchev–Trinajstić information content (AvgIpc) is 2.86. The van der Waals surface area contributed by atoms with Crippen molar-refractivity contribution in [2.75, 3.05) is 11.9 Å². The molecule has 21 heavy (non-hydrogen) atoms. The van der Waals surface area contributed by atoms with Crippen molar-refractivity contribution in [3.8, 4) is 0 Å². The minimum Gasteiger partial charge on any atom is -0.370 e. The summed E-state index contributed by atoms with van der Waals surface area (Å²) in [7, 11) is 0. The van der Waals surface area contributed by atoms with Crippen LogP contribution in [0.4, 0.5) is 5.69 Å². The Balaban J connectivity index is 0.00000220. The van der Waals surface area contributed by atoms with Crippen LogP contribution >= 0.6 is 35.3 Å². The van der Waals surface area contributed by atoms with Crippen molar-refractivity contribution in [2.24, 2.45) is 10.7 Å². The van der Waals surface area contributed by atoms with Crippen LogP contribution in [0.15, 0.2) is 35.5 Å². The molecule has 1 aromatic heterocycles. The van der Waals surface area contributed by atoms with Crippen LogP contribution in [0, 0.1) is 6.92 Å². The lowest BCUT2D eigenvalue weighted by Gasteiger charge is -2.05. The standard InChI is InChI=1S/C15H20N4S.HI/c1-3-13-10-18-14(20-13)7-8-17-15(16)19-12-6-4-5-11(2)9-12;/h4-6,9-10H,3,7-8H2,1-2H3,(H3,16,17,19);1H. The van der Waals surface area contributed by atoms with Crippen LogP contribution < -0.4 is 11.1 Å². The van der Waals surface area contributed by atoms with Crippen molar-refractivity contribution >= 4 is 47.0 Å². The number of hydrogen-bond acceptors (Lipinski definition) is 3. The normalized spacial score (nSPS) is 11.0. The Morgan fingerprint density at radius 3 is 2.90 bits per heavy atom. The molecule has 0 aliphatic heterocycles. The van der Waals surface area contributed by atoms with Gasteiger partial charge in [-0.05, 0) is 31.0 Å². The highest BCUT2D eigenvalue weighted by Gasteiger charge is 2.00. The molecular formula is C15H21IN4S. The largest absolute Gasteiger partial charge is 0.370 e. The number of guanidine groups is 1. The van der Waals surface area contributed by atoms with Crippen LogP contribution in [-0.2, 0) is 12.8 Å². The molecule has 0 bridgehead atoms. The summed E-state index contributed by atoms with van der Waals surface area (Å²) < 4.78 is 0. The fourth-order valence-electron chi connectivity index (χ4n) is 1.81. The molecule has 0 amide bonds. The molecule has 2 aromatic rings. The smallest absolute Gasteiger partial charge is 0.193 e. The lowest BCUT2D eigenvalue weighted by atomic mass is 10.2. The third-order valence-corrected chi connectivity index (χ3v) is 4.05. The van der Waals surface area contributed by atoms with Gasteiger partial charge in [0.25, 0.3) is 0 Å². The third-order valence-electron chi connectivity index (χ3n) is 2.85. The van der Waals surface area contributed by atoms with E-state index in [2.05, 4.69) is 22.2 Å². The molecule has 0 spiro atoms. The van der Waals surface area contributed by atoms with Gasteiger partial charge < -0.3 is 11.1 Å². The molecule has 1 heterocycles. The molecule has 0 saturated heterocycles. The first-order chi connectivity index (χ1) is 9.67. The predicted molar refractivity (Wildman–Crippen MR) is 102 cm³/mol. The molecule has 0 saturated carbocycles. The van der Waals surface area contributed by atoms with Crippen LogP contribution in [0.25, 0.3) is 0 Å². The number of hydrogen-bond donors (Lipinski definition) is 2. The van der Waals surface area contributed by atoms with Crippen molar-refractivity contribution in [3.63, 3.8) is 0 Å². The highest BCUT2D eigenvalue weighted by Crippen LogP contribution is 2.13. The van der Waals surface area contributed by atoms with Crippen LogP contribution in [0.2, 0.25) is 0 Å². The minimum atomic E-state index is 0. The van der Waals surface area contributed by atoms with Crippen molar-refractivity contribution in [3.05, 3.63) is 45.9 Å². The molecule has 0 aliphatic carbocycles. The lowest BCUT2D eigenvalue weighted by Crippen LogP contribution is -2.23. The van der Waals surface area contributed by atoms with E-state index < -0.39 is 0 Å². The number of anilines is 1. The number of nitrogens with one attached hydrogen (secondary N) is 1. The van der Waals surface area contributed by atoms with Gasteiger partial charge in [-0.15, -0.1) is 35.3 Å². The lowest BCUT2D eigenvalue weighted by molar-refractivity contribution is 0.949. The summed E-state index contributed by atoms with van der Waals surface area (Å²) in [6, 6.07) is 8.06. The number of benzene rings is 1. The van der Waals surface area contributed by atoms with E-state index in [1.807, 2.05) is 37.4 Å². The summed E-state index contributed by atoms with van der Waals surface area (Å²) in [5, 5.41) is 4.22. The SMILES string of the molecule is CCc1cnc(CCN=C(N)Nc2cccc(C)c2)s1.I. The van der Waals surface area contributed by atoms with Crippen LogP contribution in [-0.4, -0.2) is 17.5 Å². The Morgan fingerprint density at radius 2 is 2.24 bits per heavy atom. The summed E-state index contributed by atoms with van der Waals surface area (Å²) >= 11 is 1.75. The van der Waals surface area contributed by atoms with Crippen LogP contribution in [0.3, 0.4) is 0 Å². The third kappa shape index (κ3) is 6.01. The highest BCUT2D eigenvalue weighted by molar-refractivity contribution is 14.0. The number of thiazole rings is 1. The van der Waals surface area contributed by atoms with Crippen LogP contribution in [0.1, 0.15) is 22.4 Å². The summed E-state index contributed by atoms with van der Waals surface area (Å²) in [5.41, 5.74) is 8.03. The van der Waals surface area contributed by atoms with E-state index in [0.29, 0.717) is 12.5 Å². The van der Waals surface area contributed by atoms with E-state index in [9.17, 15) is 0 Å². The molecule has 0 atom stereocenters. The van der Waals surface area contributed by atoms with E-state index in [4.69, 9.17) is 5.73 Å². The molecular weight excluding hydrogens is 395 g/mol. The Kier molecular flexibility index (Phi) is 7.66. The molecule has 3 N–H and O–H groups in total. The maximum Gasteiger partial charge on any atom is 0.193 e. The molecule has 114 valence electrons. The maximum atomic E-state index is 5.87. The highest BCUT2D eigenvalue weighted by atomic mass is 127. The maximum absolute atomic E-state index is 5.87. The van der Waals surface area contributed by atoms with Gasteiger partial charge in [0.2, 0.25) is 0 Å². The quantitative estimate of drug-likeness (QED) is 0.445. The van der Waals surface area contributed by atoms with E-state index in [1.54, 1.807) is 11.3 Å². The molecule has 2 rings (SSSR count). The first-order valence-corrected chi connectivity index (χ1v) is 7.56. The van der Waals surface area contributed by atoms with E-state index in [1.165, 1.54) is 10.4 Å². The van der Waals surface area contributed by atoms with Gasteiger partial charge in [0.15, 0.2) is 5.96 Å². The fourth-order valence-corrected chi connectivity index (χ4v) is 2.66. The molecule has 4 nitrogen and oxygen atoms in total. The number of aryl methyl sites for hydroxylation is 2. The number of halogens is 1. The van der Waals surface area contributed by atoms with E-state index >= 15 is 0 Å². The van der Waals surface area contributed by atoms with Gasteiger partial charge in [-0.2, -0.15) is 0 Å². The second-order valence-electron chi connectivity index (χ2n) is 4.59. The summed E-state index contributed by atoms with van der Waals surface area (Å²) in [5.74, 6) is 0.447. The Labute approximate surface area is 146 Å². The van der Waals surface area contributed by atoms with Crippen molar-refractivity contribution in [1.29, 1.82) is 0 Å². The Morgan fingerprint density at radius 1 is 1.43 bits per heavy atom. The van der Waals surface area contributed by atoms with Gasteiger partial charge in [0, 0.05) is 29.7 Å². The molecule has 0 fully saturated rings. The zero-order chi connectivity index (χ0) is 14.4. The summed E-state index contributed by atoms with van der Waals surface area (Å²) in [4.78, 5) is 10.0. The zero-order valence-electron chi connectivity index (χ0n) is 12.3. The Hall–Kier alpha value is -1.15. The van der Waals surface area contributed by atoms with Gasteiger partial charge in [-0.3, -0.25) is 4.99 Å². The number of aromatic nitrogens is 1. The molecule has 0 radical (unpaired) electrons.